The second-order valence-corrected chi connectivity index (χ2v) is 21.8. The Morgan fingerprint density at radius 2 is 1.08 bits per heavy atom. The first-order valence-corrected chi connectivity index (χ1v) is 26.5. The van der Waals surface area contributed by atoms with Crippen LogP contribution in [0.15, 0.2) is 119 Å². The van der Waals surface area contributed by atoms with E-state index in [1.54, 1.807) is 35.5 Å². The van der Waals surface area contributed by atoms with Crippen molar-refractivity contribution in [2.45, 2.75) is 16.7 Å². The lowest BCUT2D eigenvalue weighted by molar-refractivity contribution is 0.464. The Morgan fingerprint density at radius 3 is 1.73 bits per heavy atom. The Kier molecular flexibility index (Phi) is 7.52. The number of benzene rings is 7. The van der Waals surface area contributed by atoms with Gasteiger partial charge in [0.2, 0.25) is 0 Å². The summed E-state index contributed by atoms with van der Waals surface area (Å²) in [6.45, 7) is 1.94. The first-order chi connectivity index (χ1) is 31.4. The van der Waals surface area contributed by atoms with Gasteiger partial charge in [0, 0.05) is 74.7 Å². The van der Waals surface area contributed by atoms with Gasteiger partial charge in [-0.15, -0.1) is 46.2 Å². The Hall–Kier alpha value is -5.50. The van der Waals surface area contributed by atoms with Gasteiger partial charge in [0.05, 0.1) is 11.4 Å². The molecule has 14 heteroatoms. The summed E-state index contributed by atoms with van der Waals surface area (Å²) in [5, 5.41) is 6.20. The fraction of sp³-hybridized carbons (Fsp3) is 0.0800. The van der Waals surface area contributed by atoms with Crippen molar-refractivity contribution in [1.29, 1.82) is 0 Å². The first-order valence-electron chi connectivity index (χ1n) is 21.2. The third kappa shape index (κ3) is 4.80. The molecular weight excluding hydrogens is 885 g/mol. The molecule has 0 spiro atoms. The number of thiophene rings is 2. The van der Waals surface area contributed by atoms with Gasteiger partial charge in [-0.3, -0.25) is 4.31 Å². The molecule has 1 N–H and O–H groups in total. The lowest BCUT2D eigenvalue weighted by Gasteiger charge is -2.40. The fourth-order valence-corrected chi connectivity index (χ4v) is 15.3. The first kappa shape index (κ1) is 36.8. The summed E-state index contributed by atoms with van der Waals surface area (Å²) in [6, 6.07) is 40.2. The molecule has 7 aromatic carbocycles. The molecule has 0 saturated carbocycles. The van der Waals surface area contributed by atoms with Gasteiger partial charge in [0.25, 0.3) is 20.1 Å². The summed E-state index contributed by atoms with van der Waals surface area (Å²) in [6.07, 6.45) is 6.43. The highest BCUT2D eigenvalue weighted by molar-refractivity contribution is 8.00. The molecule has 0 fully saturated rings. The van der Waals surface area contributed by atoms with Crippen LogP contribution < -0.4 is 76.4 Å². The molecule has 6 aliphatic heterocycles. The van der Waals surface area contributed by atoms with E-state index in [1.807, 2.05) is 22.7 Å². The molecule has 304 valence electrons. The molecule has 6 nitrogen and oxygen atoms in total. The number of aryl methyl sites for hydroxylation is 1. The van der Waals surface area contributed by atoms with Gasteiger partial charge >= 0.3 is 0 Å². The molecular formula is C50H31B3N2O4S5. The van der Waals surface area contributed by atoms with Gasteiger partial charge in [0.1, 0.15) is 46.0 Å². The zero-order chi connectivity index (χ0) is 42.3. The molecule has 0 saturated heterocycles. The van der Waals surface area contributed by atoms with Crippen LogP contribution in [0.3, 0.4) is 0 Å². The van der Waals surface area contributed by atoms with E-state index in [4.69, 9.17) is 18.9 Å². The van der Waals surface area contributed by atoms with E-state index in [9.17, 15) is 0 Å². The van der Waals surface area contributed by atoms with Gasteiger partial charge in [-0.25, -0.2) is 0 Å². The van der Waals surface area contributed by atoms with E-state index in [2.05, 4.69) is 145 Å². The van der Waals surface area contributed by atoms with Crippen LogP contribution in [0.4, 0.5) is 22.7 Å². The minimum atomic E-state index is -0.140. The van der Waals surface area contributed by atoms with E-state index in [-0.39, 0.29) is 20.1 Å². The second-order valence-electron chi connectivity index (χ2n) is 17.1. The molecule has 64 heavy (non-hydrogen) atoms. The number of anilines is 4. The molecule has 15 rings (SSSR count). The lowest BCUT2D eigenvalue weighted by Crippen LogP contribution is -2.63. The topological polar surface area (TPSA) is 52.2 Å². The van der Waals surface area contributed by atoms with Crippen molar-refractivity contribution in [2.24, 2.45) is 0 Å². The van der Waals surface area contributed by atoms with Crippen LogP contribution >= 0.6 is 58.1 Å². The van der Waals surface area contributed by atoms with Crippen molar-refractivity contribution in [3.05, 3.63) is 115 Å². The predicted octanol–water partition coefficient (Wildman–Crippen LogP) is 8.63. The predicted molar refractivity (Wildman–Crippen MR) is 277 cm³/mol. The summed E-state index contributed by atoms with van der Waals surface area (Å²) in [4.78, 5) is 2.33. The van der Waals surface area contributed by atoms with Crippen molar-refractivity contribution in [3.8, 4) is 46.0 Å². The molecule has 0 aliphatic carbocycles. The zero-order valence-corrected chi connectivity index (χ0v) is 38.8. The van der Waals surface area contributed by atoms with Crippen molar-refractivity contribution < 1.29 is 18.9 Å². The highest BCUT2D eigenvalue weighted by Crippen LogP contribution is 2.47. The number of fused-ring (bicyclic) bond motifs is 16. The standard InChI is InChI=1S/C50H31B3N2O4S5/c1-23-13-38-46-39(14-23)57-37-22-34-29(53-45-35(55(34)62-4)16-25(61-3)18-41(45)59-48-27-10-6-8-12-43(27)64-50(48)53)20-31(37)51(46)30-19-28-32(21-36(30)56-38)54-33-15-24(60-2)17-40-44(33)52(28)49-47(58-40)26-9-5-7-11-42(26)63-49/h5-22,54H,1-4H3. The molecule has 6 aliphatic rings. The smallest absolute Gasteiger partial charge is 0.268 e. The number of nitrogens with one attached hydrogen (secondary N) is 1. The highest BCUT2D eigenvalue weighted by Gasteiger charge is 2.49. The van der Waals surface area contributed by atoms with Gasteiger partial charge in [-0.05, 0) is 130 Å². The van der Waals surface area contributed by atoms with Gasteiger partial charge in [-0.2, -0.15) is 0 Å². The van der Waals surface area contributed by atoms with Gasteiger partial charge in [-0.1, -0.05) is 36.4 Å². The number of ether oxygens (including phenoxy) is 4. The molecule has 0 bridgehead atoms. The molecule has 8 heterocycles. The summed E-state index contributed by atoms with van der Waals surface area (Å²) >= 11 is 8.90. The third-order valence-electron chi connectivity index (χ3n) is 13.8. The molecule has 0 radical (unpaired) electrons. The Morgan fingerprint density at radius 1 is 0.500 bits per heavy atom. The average molecular weight is 917 g/mol. The average Bonchev–Trinajstić information content (AvgIpc) is 3.88. The van der Waals surface area contributed by atoms with Crippen molar-refractivity contribution in [2.75, 3.05) is 28.4 Å². The maximum absolute atomic E-state index is 7.09. The quantitative estimate of drug-likeness (QED) is 0.107. The number of nitrogens with zero attached hydrogens (tertiary/aromatic N) is 1. The van der Waals surface area contributed by atoms with Crippen LogP contribution in [0, 0.1) is 6.92 Å². The van der Waals surface area contributed by atoms with Crippen LogP contribution in [0.2, 0.25) is 0 Å². The second kappa shape index (κ2) is 13.1. The normalized spacial score (nSPS) is 14.6. The maximum atomic E-state index is 7.09. The van der Waals surface area contributed by atoms with Gasteiger partial charge < -0.3 is 24.3 Å². The van der Waals surface area contributed by atoms with Crippen LogP contribution in [-0.4, -0.2) is 38.9 Å². The van der Waals surface area contributed by atoms with Crippen LogP contribution in [0.1, 0.15) is 5.56 Å². The highest BCUT2D eigenvalue weighted by atomic mass is 32.2. The molecule has 9 aromatic rings. The SMILES string of the molecule is CSc1cc2c3c(c1)Oc1c(sc4ccccc14)B3c1cc3c(cc1N2)Oc1cc(C)cc2c1B3c1cc3c(cc1O2)N(SC)c1cc(SC)cc2c1B3c1sc3ccccc3c1O2. The van der Waals surface area contributed by atoms with E-state index >= 15 is 0 Å². The largest absolute Gasteiger partial charge is 0.458 e. The fourth-order valence-electron chi connectivity index (χ4n) is 11.2. The van der Waals surface area contributed by atoms with Crippen molar-refractivity contribution in [1.82, 2.24) is 0 Å². The minimum Gasteiger partial charge on any atom is -0.458 e. The Labute approximate surface area is 391 Å². The van der Waals surface area contributed by atoms with Crippen LogP contribution in [0.25, 0.3) is 20.2 Å². The Balaban J connectivity index is 0.981. The lowest BCUT2D eigenvalue weighted by atomic mass is 9.31. The van der Waals surface area contributed by atoms with E-state index < -0.39 is 0 Å². The van der Waals surface area contributed by atoms with E-state index in [1.165, 1.54) is 51.4 Å². The summed E-state index contributed by atoms with van der Waals surface area (Å²) in [7, 11) is 0. The van der Waals surface area contributed by atoms with Crippen LogP contribution in [0.5, 0.6) is 46.0 Å². The maximum Gasteiger partial charge on any atom is 0.268 e. The Bertz CT molecular complexity index is 3650. The van der Waals surface area contributed by atoms with Gasteiger partial charge in [0.15, 0.2) is 0 Å². The third-order valence-corrected chi connectivity index (χ3v) is 18.4. The van der Waals surface area contributed by atoms with E-state index in [0.717, 1.165) is 101 Å². The summed E-state index contributed by atoms with van der Waals surface area (Å²) in [5.74, 6) is 7.22. The molecule has 0 unspecified atom stereocenters. The zero-order valence-electron chi connectivity index (χ0n) is 34.7. The molecule has 0 amide bonds. The monoisotopic (exact) mass is 916 g/mol. The molecule has 0 atom stereocenters. The summed E-state index contributed by atoms with van der Waals surface area (Å²) < 4.78 is 35.3. The molecule has 2 aromatic heterocycles. The van der Waals surface area contributed by atoms with Crippen molar-refractivity contribution >= 4 is 169 Å². The number of hydrogen-bond acceptors (Lipinski definition) is 11. The van der Waals surface area contributed by atoms with Crippen molar-refractivity contribution in [3.63, 3.8) is 0 Å². The number of thioether (sulfide) groups is 2. The van der Waals surface area contributed by atoms with Crippen LogP contribution in [-0.2, 0) is 0 Å². The van der Waals surface area contributed by atoms with E-state index in [0.29, 0.717) is 0 Å². The summed E-state index contributed by atoms with van der Waals surface area (Å²) in [5.41, 5.74) is 13.8. The number of hydrogen-bond donors (Lipinski definition) is 1. The minimum absolute atomic E-state index is 0.0183. The number of rotatable bonds is 3.